The summed E-state index contributed by atoms with van der Waals surface area (Å²) in [5.74, 6) is -3.49. The number of nitrogens with one attached hydrogen (secondary N) is 1. The number of hydrogen-bond donors (Lipinski definition) is 1. The molecule has 0 aromatic heterocycles. The third-order valence-electron chi connectivity index (χ3n) is 5.78. The van der Waals surface area contributed by atoms with Crippen molar-refractivity contribution in [3.63, 3.8) is 0 Å². The molecule has 0 aliphatic rings. The minimum Gasteiger partial charge on any atom is -0.352 e. The van der Waals surface area contributed by atoms with Crippen LogP contribution in [0.3, 0.4) is 0 Å². The van der Waals surface area contributed by atoms with E-state index in [2.05, 4.69) is 5.32 Å². The number of anilines is 1. The van der Waals surface area contributed by atoms with E-state index < -0.39 is 39.4 Å². The van der Waals surface area contributed by atoms with Crippen molar-refractivity contribution in [2.45, 2.75) is 58.7 Å². The van der Waals surface area contributed by atoms with E-state index in [0.29, 0.717) is 12.0 Å². The molecule has 0 fully saturated rings. The lowest BCUT2D eigenvalue weighted by atomic mass is 10.1. The van der Waals surface area contributed by atoms with Crippen molar-refractivity contribution in [1.82, 2.24) is 10.2 Å². The van der Waals surface area contributed by atoms with Gasteiger partial charge in [-0.25, -0.2) is 21.6 Å². The average molecular weight is 528 g/mol. The number of carbonyl (C=O) groups excluding carboxylic acids is 2. The van der Waals surface area contributed by atoms with Crippen molar-refractivity contribution in [1.29, 1.82) is 0 Å². The van der Waals surface area contributed by atoms with Crippen LogP contribution in [0.15, 0.2) is 42.5 Å². The highest BCUT2D eigenvalue weighted by molar-refractivity contribution is 7.92. The van der Waals surface area contributed by atoms with Crippen molar-refractivity contribution in [3.05, 3.63) is 65.5 Å². The summed E-state index contributed by atoms with van der Waals surface area (Å²) in [4.78, 5) is 27.3. The first-order chi connectivity index (χ1) is 16.8. The molecule has 0 saturated carbocycles. The second kappa shape index (κ2) is 12.8. The van der Waals surface area contributed by atoms with E-state index >= 15 is 0 Å². The third-order valence-corrected chi connectivity index (χ3v) is 6.97. The maximum atomic E-state index is 13.7. The Bertz CT molecular complexity index is 1160. The van der Waals surface area contributed by atoms with Gasteiger partial charge in [0.05, 0.1) is 11.9 Å². The van der Waals surface area contributed by atoms with E-state index in [4.69, 9.17) is 0 Å². The van der Waals surface area contributed by atoms with Gasteiger partial charge in [0.15, 0.2) is 11.6 Å². The Morgan fingerprint density at radius 2 is 1.64 bits per heavy atom. The maximum Gasteiger partial charge on any atom is 0.242 e. The van der Waals surface area contributed by atoms with Crippen molar-refractivity contribution in [3.8, 4) is 0 Å². The molecule has 2 aromatic carbocycles. The molecule has 7 nitrogen and oxygen atoms in total. The molecule has 2 unspecified atom stereocenters. The Morgan fingerprint density at radius 3 is 2.19 bits per heavy atom. The Morgan fingerprint density at radius 1 is 1.00 bits per heavy atom. The van der Waals surface area contributed by atoms with E-state index in [1.165, 1.54) is 29.2 Å². The van der Waals surface area contributed by atoms with E-state index in [1.807, 2.05) is 13.8 Å². The van der Waals surface area contributed by atoms with Crippen LogP contribution in [0.25, 0.3) is 0 Å². The molecular weight excluding hydrogens is 495 g/mol. The van der Waals surface area contributed by atoms with Gasteiger partial charge in [-0.2, -0.15) is 0 Å². The SMILES string of the molecule is CCC(C)NC(=O)C(C)N(Cc1ccc(F)cc1)C(=O)CCCN(c1ccc(F)c(F)c1)S(C)(=O)=O. The molecule has 0 heterocycles. The molecule has 0 radical (unpaired) electrons. The predicted octanol–water partition coefficient (Wildman–Crippen LogP) is 3.98. The summed E-state index contributed by atoms with van der Waals surface area (Å²) in [7, 11) is -3.84. The van der Waals surface area contributed by atoms with Crippen LogP contribution in [-0.4, -0.2) is 50.0 Å². The summed E-state index contributed by atoms with van der Waals surface area (Å²) in [6, 6.07) is 7.37. The van der Waals surface area contributed by atoms with Gasteiger partial charge in [-0.15, -0.1) is 0 Å². The van der Waals surface area contributed by atoms with Gasteiger partial charge >= 0.3 is 0 Å². The van der Waals surface area contributed by atoms with Crippen LogP contribution >= 0.6 is 0 Å². The summed E-state index contributed by atoms with van der Waals surface area (Å²) >= 11 is 0. The quantitative estimate of drug-likeness (QED) is 0.452. The van der Waals surface area contributed by atoms with Crippen LogP contribution in [-0.2, 0) is 26.2 Å². The smallest absolute Gasteiger partial charge is 0.242 e. The topological polar surface area (TPSA) is 86.8 Å². The highest BCUT2D eigenvalue weighted by Gasteiger charge is 2.27. The molecule has 2 aromatic rings. The van der Waals surface area contributed by atoms with Crippen LogP contribution in [0.2, 0.25) is 0 Å². The number of carbonyl (C=O) groups is 2. The first-order valence-electron chi connectivity index (χ1n) is 11.6. The van der Waals surface area contributed by atoms with Gasteiger partial charge in [-0.05, 0) is 56.5 Å². The fourth-order valence-corrected chi connectivity index (χ4v) is 4.44. The van der Waals surface area contributed by atoms with Crippen LogP contribution in [0, 0.1) is 17.5 Å². The molecule has 198 valence electrons. The molecule has 0 aliphatic heterocycles. The van der Waals surface area contributed by atoms with Gasteiger partial charge in [0.25, 0.3) is 0 Å². The Labute approximate surface area is 210 Å². The second-order valence-electron chi connectivity index (χ2n) is 8.68. The number of benzene rings is 2. The molecule has 1 N–H and O–H groups in total. The van der Waals surface area contributed by atoms with E-state index in [1.54, 1.807) is 6.92 Å². The molecule has 36 heavy (non-hydrogen) atoms. The largest absolute Gasteiger partial charge is 0.352 e. The fraction of sp³-hybridized carbons (Fsp3) is 0.440. The summed E-state index contributed by atoms with van der Waals surface area (Å²) < 4.78 is 65.7. The minimum absolute atomic E-state index is 0.0488. The Kier molecular flexibility index (Phi) is 10.3. The number of amides is 2. The highest BCUT2D eigenvalue weighted by Crippen LogP contribution is 2.21. The maximum absolute atomic E-state index is 13.7. The first-order valence-corrected chi connectivity index (χ1v) is 13.4. The summed E-state index contributed by atoms with van der Waals surface area (Å²) in [6.07, 6.45) is 1.58. The van der Waals surface area contributed by atoms with E-state index in [0.717, 1.165) is 28.8 Å². The van der Waals surface area contributed by atoms with Crippen LogP contribution in [0.5, 0.6) is 0 Å². The molecule has 0 spiro atoms. The van der Waals surface area contributed by atoms with Crippen LogP contribution in [0.1, 0.15) is 45.6 Å². The van der Waals surface area contributed by atoms with Gasteiger partial charge in [-0.3, -0.25) is 13.9 Å². The highest BCUT2D eigenvalue weighted by atomic mass is 32.2. The van der Waals surface area contributed by atoms with Gasteiger partial charge in [-0.1, -0.05) is 19.1 Å². The molecular formula is C25H32F3N3O4S. The summed E-state index contributed by atoms with van der Waals surface area (Å²) in [6.45, 7) is 5.23. The van der Waals surface area contributed by atoms with Crippen molar-refractivity contribution in [2.24, 2.45) is 0 Å². The lowest BCUT2D eigenvalue weighted by Gasteiger charge is -2.30. The van der Waals surface area contributed by atoms with E-state index in [9.17, 15) is 31.2 Å². The lowest BCUT2D eigenvalue weighted by molar-refractivity contribution is -0.140. The van der Waals surface area contributed by atoms with Gasteiger partial charge in [0, 0.05) is 31.6 Å². The summed E-state index contributed by atoms with van der Waals surface area (Å²) in [5.41, 5.74) is 0.556. The Balaban J connectivity index is 2.18. The lowest BCUT2D eigenvalue weighted by Crippen LogP contribution is -2.49. The number of rotatable bonds is 12. The molecule has 0 bridgehead atoms. The normalized spacial score (nSPS) is 13.1. The number of hydrogen-bond acceptors (Lipinski definition) is 4. The predicted molar refractivity (Wildman–Crippen MR) is 132 cm³/mol. The second-order valence-corrected chi connectivity index (χ2v) is 10.6. The third kappa shape index (κ3) is 8.25. The van der Waals surface area contributed by atoms with E-state index in [-0.39, 0.29) is 43.6 Å². The molecule has 2 amide bonds. The molecule has 11 heteroatoms. The van der Waals surface area contributed by atoms with Crippen LogP contribution in [0.4, 0.5) is 18.9 Å². The molecule has 2 rings (SSSR count). The van der Waals surface area contributed by atoms with Gasteiger partial charge in [0.2, 0.25) is 21.8 Å². The zero-order valence-electron chi connectivity index (χ0n) is 20.8. The number of halogens is 3. The van der Waals surface area contributed by atoms with Crippen molar-refractivity contribution >= 4 is 27.5 Å². The first kappa shape index (κ1) is 29.2. The van der Waals surface area contributed by atoms with Crippen molar-refractivity contribution < 1.29 is 31.2 Å². The zero-order valence-corrected chi connectivity index (χ0v) is 21.6. The monoisotopic (exact) mass is 527 g/mol. The molecule has 2 atom stereocenters. The number of nitrogens with zero attached hydrogens (tertiary/aromatic N) is 2. The number of sulfonamides is 1. The average Bonchev–Trinajstić information content (AvgIpc) is 2.81. The fourth-order valence-electron chi connectivity index (χ4n) is 3.48. The Hall–Kier alpha value is -3.08. The van der Waals surface area contributed by atoms with Gasteiger partial charge < -0.3 is 10.2 Å². The molecule has 0 saturated heterocycles. The zero-order chi connectivity index (χ0) is 27.0. The molecule has 0 aliphatic carbocycles. The minimum atomic E-state index is -3.84. The van der Waals surface area contributed by atoms with Gasteiger partial charge in [0.1, 0.15) is 11.9 Å². The summed E-state index contributed by atoms with van der Waals surface area (Å²) in [5, 5.41) is 2.84. The van der Waals surface area contributed by atoms with Crippen molar-refractivity contribution in [2.75, 3.05) is 17.1 Å². The van der Waals surface area contributed by atoms with Crippen LogP contribution < -0.4 is 9.62 Å². The standard InChI is InChI=1S/C25H32F3N3O4S/c1-5-17(2)29-25(33)18(3)30(16-19-8-10-20(26)11-9-19)24(32)7-6-14-31(36(4,34)35)21-12-13-22(27)23(28)15-21/h8-13,15,17-18H,5-7,14,16H2,1-4H3,(H,29,33).